The molecule has 0 bridgehead atoms. The number of amides is 2. The molecule has 2 amide bonds. The highest BCUT2D eigenvalue weighted by Gasteiger charge is 2.28. The van der Waals surface area contributed by atoms with E-state index in [0.29, 0.717) is 22.2 Å². The quantitative estimate of drug-likeness (QED) is 0.839. The fourth-order valence-electron chi connectivity index (χ4n) is 4.24. The van der Waals surface area contributed by atoms with Gasteiger partial charge in [0.2, 0.25) is 0 Å². The van der Waals surface area contributed by atoms with E-state index in [0.717, 1.165) is 32.7 Å². The number of nitrogens with zero attached hydrogens (tertiary/aromatic N) is 3. The molecule has 1 unspecified atom stereocenters. The zero-order valence-electron chi connectivity index (χ0n) is 16.8. The molecule has 6 nitrogen and oxygen atoms in total. The number of carbonyl (C=O) groups excluding carboxylic acids is 2. The van der Waals surface area contributed by atoms with E-state index in [4.69, 9.17) is 0 Å². The molecule has 4 rings (SSSR count). The average Bonchev–Trinajstić information content (AvgIpc) is 3.29. The van der Waals surface area contributed by atoms with Gasteiger partial charge in [-0.3, -0.25) is 14.5 Å². The molecule has 0 aliphatic carbocycles. The summed E-state index contributed by atoms with van der Waals surface area (Å²) in [6, 6.07) is 11.5. The Kier molecular flexibility index (Phi) is 6.28. The number of nitrogens with one attached hydrogen (secondary N) is 1. The molecule has 2 aliphatic heterocycles. The second-order valence-electron chi connectivity index (χ2n) is 7.90. The van der Waals surface area contributed by atoms with Gasteiger partial charge in [-0.2, -0.15) is 0 Å². The summed E-state index contributed by atoms with van der Waals surface area (Å²) in [6.07, 6.45) is 2.51. The number of piperidine rings is 1. The number of piperazine rings is 1. The van der Waals surface area contributed by atoms with Crippen LogP contribution in [0, 0.1) is 0 Å². The Bertz CT molecular complexity index is 846. The number of likely N-dealkylation sites (tertiary alicyclic amines) is 1. The highest BCUT2D eigenvalue weighted by molar-refractivity contribution is 7.12. The van der Waals surface area contributed by atoms with Crippen molar-refractivity contribution in [3.8, 4) is 0 Å². The number of benzene rings is 1. The predicted molar refractivity (Wildman–Crippen MR) is 117 cm³/mol. The smallest absolute Gasteiger partial charge is 0.265 e. The van der Waals surface area contributed by atoms with Gasteiger partial charge in [0, 0.05) is 50.0 Å². The summed E-state index contributed by atoms with van der Waals surface area (Å²) in [7, 11) is 2.19. The lowest BCUT2D eigenvalue weighted by molar-refractivity contribution is 0.0452. The van der Waals surface area contributed by atoms with E-state index in [1.165, 1.54) is 30.7 Å². The highest BCUT2D eigenvalue weighted by Crippen LogP contribution is 2.19. The molecule has 1 atom stereocenters. The lowest BCUT2D eigenvalue weighted by Crippen LogP contribution is -2.55. The topological polar surface area (TPSA) is 55.9 Å². The molecule has 0 radical (unpaired) electrons. The molecule has 0 saturated carbocycles. The van der Waals surface area contributed by atoms with Crippen LogP contribution in [0.4, 0.5) is 5.69 Å². The molecule has 2 saturated heterocycles. The first-order valence-corrected chi connectivity index (χ1v) is 11.1. The maximum atomic E-state index is 13.0. The Hall–Kier alpha value is -2.22. The second-order valence-corrected chi connectivity index (χ2v) is 8.85. The zero-order chi connectivity index (χ0) is 20.2. The van der Waals surface area contributed by atoms with Crippen molar-refractivity contribution in [2.45, 2.75) is 18.9 Å². The molecule has 29 heavy (non-hydrogen) atoms. The van der Waals surface area contributed by atoms with Crippen LogP contribution in [0.2, 0.25) is 0 Å². The van der Waals surface area contributed by atoms with Gasteiger partial charge in [0.05, 0.1) is 4.88 Å². The Morgan fingerprint density at radius 1 is 1.07 bits per heavy atom. The van der Waals surface area contributed by atoms with Crippen molar-refractivity contribution in [2.24, 2.45) is 0 Å². The first-order valence-electron chi connectivity index (χ1n) is 10.3. The molecular weight excluding hydrogens is 384 g/mol. The molecule has 2 fully saturated rings. The number of hydrogen-bond acceptors (Lipinski definition) is 5. The van der Waals surface area contributed by atoms with Gasteiger partial charge in [-0.25, -0.2) is 0 Å². The minimum absolute atomic E-state index is 0.0395. The van der Waals surface area contributed by atoms with Gasteiger partial charge in [-0.15, -0.1) is 11.3 Å². The lowest BCUT2D eigenvalue weighted by Gasteiger charge is -2.42. The maximum absolute atomic E-state index is 13.0. The fraction of sp³-hybridized carbons (Fsp3) is 0.455. The van der Waals surface area contributed by atoms with Crippen molar-refractivity contribution in [3.63, 3.8) is 0 Å². The van der Waals surface area contributed by atoms with Gasteiger partial charge in [-0.1, -0.05) is 12.1 Å². The summed E-state index contributed by atoms with van der Waals surface area (Å²) < 4.78 is 0. The van der Waals surface area contributed by atoms with Gasteiger partial charge < -0.3 is 15.1 Å². The number of anilines is 1. The van der Waals surface area contributed by atoms with Crippen LogP contribution in [0.25, 0.3) is 0 Å². The third-order valence-corrected chi connectivity index (χ3v) is 6.70. The largest absolute Gasteiger partial charge is 0.336 e. The van der Waals surface area contributed by atoms with Crippen molar-refractivity contribution >= 4 is 28.8 Å². The van der Waals surface area contributed by atoms with Gasteiger partial charge >= 0.3 is 0 Å². The van der Waals surface area contributed by atoms with Crippen molar-refractivity contribution < 1.29 is 9.59 Å². The normalized spacial score (nSPS) is 21.1. The lowest BCUT2D eigenvalue weighted by atomic mass is 10.0. The van der Waals surface area contributed by atoms with Crippen LogP contribution in [0.15, 0.2) is 41.8 Å². The van der Waals surface area contributed by atoms with Gasteiger partial charge in [0.1, 0.15) is 0 Å². The Morgan fingerprint density at radius 2 is 1.90 bits per heavy atom. The zero-order valence-corrected chi connectivity index (χ0v) is 17.7. The highest BCUT2D eigenvalue weighted by atomic mass is 32.1. The Morgan fingerprint density at radius 3 is 2.62 bits per heavy atom. The molecule has 1 aromatic heterocycles. The number of carbonyl (C=O) groups is 2. The van der Waals surface area contributed by atoms with Crippen molar-refractivity contribution in [1.82, 2.24) is 14.7 Å². The van der Waals surface area contributed by atoms with E-state index in [1.807, 2.05) is 34.5 Å². The minimum Gasteiger partial charge on any atom is -0.336 e. The van der Waals surface area contributed by atoms with Crippen LogP contribution in [0.1, 0.15) is 32.9 Å². The van der Waals surface area contributed by atoms with E-state index in [9.17, 15) is 9.59 Å². The molecule has 1 aromatic carbocycles. The molecule has 0 spiro atoms. The molecule has 2 aromatic rings. The first kappa shape index (κ1) is 20.1. The summed E-state index contributed by atoms with van der Waals surface area (Å²) in [5.41, 5.74) is 1.28. The second kappa shape index (κ2) is 9.07. The van der Waals surface area contributed by atoms with Gasteiger partial charge in [-0.05, 0) is 56.1 Å². The Balaban J connectivity index is 1.34. The SMILES string of the molecule is CN1CCCC(N2CCN(C(=O)c3cccc(NC(=O)c4cccs4)c3)CC2)C1. The standard InChI is InChI=1S/C22H28N4O2S/c1-24-9-3-7-19(16-24)25-10-12-26(13-11-25)22(28)17-5-2-6-18(15-17)23-21(27)20-8-4-14-29-20/h2,4-6,8,14-15,19H,3,7,9-13,16H2,1H3,(H,23,27). The van der Waals surface area contributed by atoms with E-state index in [2.05, 4.69) is 22.2 Å². The fourth-order valence-corrected chi connectivity index (χ4v) is 4.86. The number of rotatable bonds is 4. The van der Waals surface area contributed by atoms with Crippen LogP contribution in [0.3, 0.4) is 0 Å². The van der Waals surface area contributed by atoms with Crippen molar-refractivity contribution in [2.75, 3.05) is 51.6 Å². The van der Waals surface area contributed by atoms with E-state index >= 15 is 0 Å². The van der Waals surface area contributed by atoms with E-state index in [1.54, 1.807) is 12.1 Å². The molecule has 2 aliphatic rings. The summed E-state index contributed by atoms with van der Waals surface area (Å²) in [5.74, 6) is -0.103. The number of thiophene rings is 1. The first-order chi connectivity index (χ1) is 14.1. The van der Waals surface area contributed by atoms with Crippen LogP contribution in [-0.2, 0) is 0 Å². The monoisotopic (exact) mass is 412 g/mol. The van der Waals surface area contributed by atoms with Crippen LogP contribution < -0.4 is 5.32 Å². The van der Waals surface area contributed by atoms with Crippen LogP contribution in [-0.4, -0.2) is 78.9 Å². The number of hydrogen-bond donors (Lipinski definition) is 1. The third kappa shape index (κ3) is 4.86. The van der Waals surface area contributed by atoms with Crippen molar-refractivity contribution in [3.05, 3.63) is 52.2 Å². The van der Waals surface area contributed by atoms with Crippen LogP contribution in [0.5, 0.6) is 0 Å². The maximum Gasteiger partial charge on any atom is 0.265 e. The summed E-state index contributed by atoms with van der Waals surface area (Å²) in [4.78, 5) is 32.8. The molecular formula is C22H28N4O2S. The van der Waals surface area contributed by atoms with Gasteiger partial charge in [0.25, 0.3) is 11.8 Å². The third-order valence-electron chi connectivity index (χ3n) is 5.83. The van der Waals surface area contributed by atoms with Gasteiger partial charge in [0.15, 0.2) is 0 Å². The average molecular weight is 413 g/mol. The van der Waals surface area contributed by atoms with E-state index < -0.39 is 0 Å². The summed E-state index contributed by atoms with van der Waals surface area (Å²) in [6.45, 7) is 5.68. The van der Waals surface area contributed by atoms with Crippen LogP contribution >= 0.6 is 11.3 Å². The molecule has 3 heterocycles. The molecule has 7 heteroatoms. The predicted octanol–water partition coefficient (Wildman–Crippen LogP) is 2.85. The van der Waals surface area contributed by atoms with Crippen molar-refractivity contribution in [1.29, 1.82) is 0 Å². The molecule has 154 valence electrons. The summed E-state index contributed by atoms with van der Waals surface area (Å²) in [5, 5.41) is 4.76. The Labute approximate surface area is 176 Å². The van der Waals surface area contributed by atoms with E-state index in [-0.39, 0.29) is 11.8 Å². The minimum atomic E-state index is -0.143. The molecule has 1 N–H and O–H groups in total. The summed E-state index contributed by atoms with van der Waals surface area (Å²) >= 11 is 1.40. The number of likely N-dealkylation sites (N-methyl/N-ethyl adjacent to an activating group) is 1.